The lowest BCUT2D eigenvalue weighted by molar-refractivity contribution is -0.133. The van der Waals surface area contributed by atoms with E-state index in [0.29, 0.717) is 19.3 Å². The maximum Gasteiger partial charge on any atom is 0.416 e. The minimum absolute atomic E-state index is 0.152. The monoisotopic (exact) mass is 287 g/mol. The molecule has 0 bridgehead atoms. The summed E-state index contributed by atoms with van der Waals surface area (Å²) in [7, 11) is 0. The highest BCUT2D eigenvalue weighted by Gasteiger charge is 2.39. The summed E-state index contributed by atoms with van der Waals surface area (Å²) >= 11 is 0. The van der Waals surface area contributed by atoms with Crippen LogP contribution < -0.4 is 0 Å². The Labute approximate surface area is 125 Å². The van der Waals surface area contributed by atoms with Crippen LogP contribution in [0.5, 0.6) is 0 Å². The summed E-state index contributed by atoms with van der Waals surface area (Å²) < 4.78 is 5.08. The molecule has 0 saturated carbocycles. The number of hydrogen-bond acceptors (Lipinski definition) is 3. The first-order chi connectivity index (χ1) is 10.2. The molecular formula is C17H21NO3. The Morgan fingerprint density at radius 2 is 2.19 bits per heavy atom. The second kappa shape index (κ2) is 7.07. The Kier molecular flexibility index (Phi) is 5.14. The van der Waals surface area contributed by atoms with Gasteiger partial charge in [-0.05, 0) is 24.8 Å². The highest BCUT2D eigenvalue weighted by atomic mass is 16.6. The molecule has 4 nitrogen and oxygen atoms in total. The summed E-state index contributed by atoms with van der Waals surface area (Å²) in [5.41, 5.74) is 1.09. The Hall–Kier alpha value is -2.10. The number of benzene rings is 1. The Balaban J connectivity index is 2.12. The van der Waals surface area contributed by atoms with Crippen molar-refractivity contribution in [2.24, 2.45) is 5.92 Å². The Morgan fingerprint density at radius 3 is 2.81 bits per heavy atom. The molecule has 0 N–H and O–H groups in total. The van der Waals surface area contributed by atoms with E-state index in [1.807, 2.05) is 37.3 Å². The number of allylic oxidation sites excluding steroid dienone is 1. The van der Waals surface area contributed by atoms with Crippen molar-refractivity contribution in [3.05, 3.63) is 48.6 Å². The predicted molar refractivity (Wildman–Crippen MR) is 80.7 cm³/mol. The van der Waals surface area contributed by atoms with Gasteiger partial charge in [-0.3, -0.25) is 4.79 Å². The van der Waals surface area contributed by atoms with Gasteiger partial charge in [0.1, 0.15) is 6.61 Å². The van der Waals surface area contributed by atoms with Gasteiger partial charge in [-0.2, -0.15) is 0 Å². The molecule has 0 aromatic heterocycles. The normalized spacial score (nSPS) is 19.2. The van der Waals surface area contributed by atoms with Crippen LogP contribution in [0.1, 0.15) is 25.3 Å². The van der Waals surface area contributed by atoms with E-state index < -0.39 is 6.09 Å². The average molecular weight is 287 g/mol. The molecule has 2 rings (SSSR count). The molecule has 2 amide bonds. The maximum absolute atomic E-state index is 12.6. The third kappa shape index (κ3) is 3.51. The molecule has 2 atom stereocenters. The zero-order valence-electron chi connectivity index (χ0n) is 12.3. The van der Waals surface area contributed by atoms with Crippen LogP contribution in [-0.2, 0) is 16.0 Å². The van der Waals surface area contributed by atoms with Crippen LogP contribution in [0.4, 0.5) is 4.79 Å². The van der Waals surface area contributed by atoms with Crippen molar-refractivity contribution in [3.8, 4) is 0 Å². The Morgan fingerprint density at radius 1 is 1.48 bits per heavy atom. The lowest BCUT2D eigenvalue weighted by Gasteiger charge is -2.23. The summed E-state index contributed by atoms with van der Waals surface area (Å²) in [6.07, 6.45) is 3.09. The third-order valence-electron chi connectivity index (χ3n) is 3.81. The van der Waals surface area contributed by atoms with Crippen LogP contribution in [-0.4, -0.2) is 29.5 Å². The molecule has 0 aliphatic carbocycles. The standard InChI is InChI=1S/C17H21NO3/c1-3-8-14(4-2)16(19)18-15(12-21-17(18)20)11-13-9-6-5-7-10-13/h3,5-7,9-10,14-15H,1,4,8,11-12H2,2H3/t14-,15+/m0/s1. The molecular weight excluding hydrogens is 266 g/mol. The summed E-state index contributed by atoms with van der Waals surface area (Å²) in [6, 6.07) is 9.61. The Bertz CT molecular complexity index is 512. The first-order valence-electron chi connectivity index (χ1n) is 7.32. The van der Waals surface area contributed by atoms with Crippen molar-refractivity contribution >= 4 is 12.0 Å². The first kappa shape index (κ1) is 15.3. The fourth-order valence-corrected chi connectivity index (χ4v) is 2.61. The zero-order valence-corrected chi connectivity index (χ0v) is 12.3. The molecule has 112 valence electrons. The van der Waals surface area contributed by atoms with Crippen molar-refractivity contribution < 1.29 is 14.3 Å². The largest absolute Gasteiger partial charge is 0.447 e. The summed E-state index contributed by atoms with van der Waals surface area (Å²) in [5, 5.41) is 0. The lowest BCUT2D eigenvalue weighted by atomic mass is 9.99. The van der Waals surface area contributed by atoms with Crippen LogP contribution in [0.15, 0.2) is 43.0 Å². The number of hydrogen-bond donors (Lipinski definition) is 0. The van der Waals surface area contributed by atoms with Crippen molar-refractivity contribution in [2.45, 2.75) is 32.2 Å². The molecule has 1 aromatic rings. The molecule has 1 heterocycles. The van der Waals surface area contributed by atoms with E-state index in [2.05, 4.69) is 6.58 Å². The molecule has 1 saturated heterocycles. The second-order valence-electron chi connectivity index (χ2n) is 5.26. The van der Waals surface area contributed by atoms with E-state index >= 15 is 0 Å². The molecule has 0 spiro atoms. The predicted octanol–water partition coefficient (Wildman–Crippen LogP) is 3.18. The van der Waals surface area contributed by atoms with Crippen molar-refractivity contribution in [2.75, 3.05) is 6.61 Å². The average Bonchev–Trinajstić information content (AvgIpc) is 2.86. The fraction of sp³-hybridized carbons (Fsp3) is 0.412. The van der Waals surface area contributed by atoms with Crippen LogP contribution >= 0.6 is 0 Å². The number of imide groups is 1. The molecule has 4 heteroatoms. The minimum Gasteiger partial charge on any atom is -0.447 e. The topological polar surface area (TPSA) is 46.6 Å². The van der Waals surface area contributed by atoms with Gasteiger partial charge in [-0.15, -0.1) is 6.58 Å². The molecule has 1 aliphatic rings. The smallest absolute Gasteiger partial charge is 0.416 e. The minimum atomic E-state index is -0.525. The SMILES string of the molecule is C=CC[C@H](CC)C(=O)N1C(=O)OC[C@H]1Cc1ccccc1. The van der Waals surface area contributed by atoms with Gasteiger partial charge in [0.25, 0.3) is 0 Å². The third-order valence-corrected chi connectivity index (χ3v) is 3.81. The second-order valence-corrected chi connectivity index (χ2v) is 5.26. The van der Waals surface area contributed by atoms with Crippen LogP contribution in [0.2, 0.25) is 0 Å². The van der Waals surface area contributed by atoms with Crippen molar-refractivity contribution in [1.29, 1.82) is 0 Å². The number of nitrogens with zero attached hydrogens (tertiary/aromatic N) is 1. The van der Waals surface area contributed by atoms with Crippen LogP contribution in [0.25, 0.3) is 0 Å². The molecule has 21 heavy (non-hydrogen) atoms. The molecule has 0 radical (unpaired) electrons. The number of amides is 2. The number of carbonyl (C=O) groups is 2. The number of rotatable bonds is 6. The number of ether oxygens (including phenoxy) is 1. The van der Waals surface area contributed by atoms with Gasteiger partial charge in [0.2, 0.25) is 5.91 Å². The fourth-order valence-electron chi connectivity index (χ4n) is 2.61. The van der Waals surface area contributed by atoms with Gasteiger partial charge in [0.15, 0.2) is 0 Å². The van der Waals surface area contributed by atoms with Gasteiger partial charge in [0, 0.05) is 5.92 Å². The summed E-state index contributed by atoms with van der Waals surface area (Å²) in [4.78, 5) is 25.7. The first-order valence-corrected chi connectivity index (χ1v) is 7.32. The van der Waals surface area contributed by atoms with E-state index in [1.165, 1.54) is 4.90 Å². The van der Waals surface area contributed by atoms with Crippen LogP contribution in [0, 0.1) is 5.92 Å². The van der Waals surface area contributed by atoms with Gasteiger partial charge in [-0.1, -0.05) is 43.3 Å². The molecule has 1 aliphatic heterocycles. The summed E-state index contributed by atoms with van der Waals surface area (Å²) in [6.45, 7) is 5.89. The quantitative estimate of drug-likeness (QED) is 0.755. The van der Waals surface area contributed by atoms with E-state index in [-0.39, 0.29) is 24.5 Å². The zero-order chi connectivity index (χ0) is 15.2. The van der Waals surface area contributed by atoms with E-state index in [9.17, 15) is 9.59 Å². The lowest BCUT2D eigenvalue weighted by Crippen LogP contribution is -2.43. The molecule has 1 aromatic carbocycles. The van der Waals surface area contributed by atoms with E-state index in [0.717, 1.165) is 5.56 Å². The van der Waals surface area contributed by atoms with Crippen molar-refractivity contribution in [1.82, 2.24) is 4.90 Å². The highest BCUT2D eigenvalue weighted by molar-refractivity contribution is 5.94. The maximum atomic E-state index is 12.6. The molecule has 0 unspecified atom stereocenters. The van der Waals surface area contributed by atoms with Crippen molar-refractivity contribution in [3.63, 3.8) is 0 Å². The highest BCUT2D eigenvalue weighted by Crippen LogP contribution is 2.22. The summed E-state index contributed by atoms with van der Waals surface area (Å²) in [5.74, 6) is -0.354. The molecule has 1 fully saturated rings. The van der Waals surface area contributed by atoms with E-state index in [1.54, 1.807) is 6.08 Å². The van der Waals surface area contributed by atoms with Gasteiger partial charge < -0.3 is 4.74 Å². The van der Waals surface area contributed by atoms with Gasteiger partial charge in [0.05, 0.1) is 6.04 Å². The van der Waals surface area contributed by atoms with Crippen LogP contribution in [0.3, 0.4) is 0 Å². The number of cyclic esters (lactones) is 1. The number of carbonyl (C=O) groups excluding carboxylic acids is 2. The van der Waals surface area contributed by atoms with E-state index in [4.69, 9.17) is 4.74 Å². The van der Waals surface area contributed by atoms with Gasteiger partial charge >= 0.3 is 6.09 Å². The van der Waals surface area contributed by atoms with Gasteiger partial charge in [-0.25, -0.2) is 9.69 Å².